The molecule has 0 aromatic heterocycles. The number of carbonyl (C=O) groups excluding carboxylic acids is 1. The molecule has 1 heterocycles. The lowest BCUT2D eigenvalue weighted by molar-refractivity contribution is 0.0518. The number of fused-ring (bicyclic) bond motifs is 2. The molecular formula is C17H20ClFO4. The zero-order valence-electron chi connectivity index (χ0n) is 12.9. The number of aliphatic hydroxyl groups is 1. The number of benzene rings is 1. The van der Waals surface area contributed by atoms with E-state index in [1.165, 1.54) is 6.07 Å². The number of hydrogen-bond acceptors (Lipinski definition) is 4. The number of ether oxygens (including phenoxy) is 2. The number of aliphatic hydroxyl groups excluding tert-OH is 1. The summed E-state index contributed by atoms with van der Waals surface area (Å²) in [5.74, 6) is -1.17. The Balaban J connectivity index is 1.92. The van der Waals surface area contributed by atoms with E-state index in [4.69, 9.17) is 21.1 Å². The maximum Gasteiger partial charge on any atom is 0.341 e. The highest BCUT2D eigenvalue weighted by Gasteiger charge is 2.45. The fraction of sp³-hybridized carbons (Fsp3) is 0.588. The van der Waals surface area contributed by atoms with Gasteiger partial charge in [0.1, 0.15) is 6.10 Å². The van der Waals surface area contributed by atoms with Crippen LogP contribution in [0.4, 0.5) is 4.39 Å². The van der Waals surface area contributed by atoms with Gasteiger partial charge in [0.2, 0.25) is 0 Å². The molecule has 4 nitrogen and oxygen atoms in total. The Morgan fingerprint density at radius 3 is 3.00 bits per heavy atom. The monoisotopic (exact) mass is 342 g/mol. The summed E-state index contributed by atoms with van der Waals surface area (Å²) in [6.07, 6.45) is 1.75. The Morgan fingerprint density at radius 2 is 2.30 bits per heavy atom. The molecular weight excluding hydrogens is 323 g/mol. The minimum absolute atomic E-state index is 0.00555. The number of alkyl halides is 1. The Morgan fingerprint density at radius 1 is 1.52 bits per heavy atom. The van der Waals surface area contributed by atoms with Crippen molar-refractivity contribution in [1.82, 2.24) is 0 Å². The first kappa shape index (κ1) is 16.5. The van der Waals surface area contributed by atoms with Crippen LogP contribution in [0.25, 0.3) is 0 Å². The molecule has 2 aliphatic rings. The van der Waals surface area contributed by atoms with E-state index >= 15 is 0 Å². The van der Waals surface area contributed by atoms with Crippen molar-refractivity contribution in [2.24, 2.45) is 11.8 Å². The molecule has 1 aliphatic heterocycles. The molecule has 0 amide bonds. The summed E-state index contributed by atoms with van der Waals surface area (Å²) in [6, 6.07) is 3.17. The van der Waals surface area contributed by atoms with Gasteiger partial charge in [-0.1, -0.05) is 6.07 Å². The normalized spacial score (nSPS) is 29.2. The van der Waals surface area contributed by atoms with E-state index < -0.39 is 11.8 Å². The molecule has 1 aromatic rings. The van der Waals surface area contributed by atoms with Crippen molar-refractivity contribution >= 4 is 17.6 Å². The van der Waals surface area contributed by atoms with Crippen LogP contribution in [0.15, 0.2) is 12.1 Å². The Labute approximate surface area is 139 Å². The van der Waals surface area contributed by atoms with E-state index in [9.17, 15) is 14.3 Å². The van der Waals surface area contributed by atoms with E-state index in [1.807, 2.05) is 0 Å². The summed E-state index contributed by atoms with van der Waals surface area (Å²) >= 11 is 6.29. The van der Waals surface area contributed by atoms with Gasteiger partial charge in [0.15, 0.2) is 11.6 Å². The zero-order valence-corrected chi connectivity index (χ0v) is 13.7. The van der Waals surface area contributed by atoms with Crippen LogP contribution in [0, 0.1) is 17.7 Å². The fourth-order valence-electron chi connectivity index (χ4n) is 3.66. The van der Waals surface area contributed by atoms with Gasteiger partial charge in [-0.3, -0.25) is 0 Å². The van der Waals surface area contributed by atoms with E-state index in [1.54, 1.807) is 13.0 Å². The van der Waals surface area contributed by atoms with Crippen LogP contribution in [0.1, 0.15) is 35.7 Å². The number of rotatable bonds is 3. The highest BCUT2D eigenvalue weighted by atomic mass is 35.5. The lowest BCUT2D eigenvalue weighted by Gasteiger charge is -2.22. The predicted octanol–water partition coefficient (Wildman–Crippen LogP) is 2.93. The fourth-order valence-corrected chi connectivity index (χ4v) is 4.10. The minimum atomic E-state index is -0.688. The Kier molecular flexibility index (Phi) is 4.78. The number of halogens is 2. The van der Waals surface area contributed by atoms with E-state index in [2.05, 4.69) is 0 Å². The lowest BCUT2D eigenvalue weighted by atomic mass is 9.90. The summed E-state index contributed by atoms with van der Waals surface area (Å²) in [5, 5.41) is 9.37. The molecule has 126 valence electrons. The van der Waals surface area contributed by atoms with Gasteiger partial charge < -0.3 is 14.6 Å². The molecule has 6 heteroatoms. The standard InChI is InChI=1S/C17H20ClFO4/c1-2-22-17(21)11-6-4-9-3-5-10-12(8-20)13(18)7-14(10)23-16(9)15(11)19/h4,6,10,12-14,20H,2-3,5,7-8H2,1H3/t10-,12-,13-,14+/m1/s1. The van der Waals surface area contributed by atoms with Crippen LogP contribution < -0.4 is 4.74 Å². The van der Waals surface area contributed by atoms with Crippen molar-refractivity contribution in [3.8, 4) is 5.75 Å². The molecule has 0 unspecified atom stereocenters. The van der Waals surface area contributed by atoms with E-state index in [0.29, 0.717) is 12.8 Å². The first-order chi connectivity index (χ1) is 11.1. The van der Waals surface area contributed by atoms with Gasteiger partial charge in [-0.25, -0.2) is 9.18 Å². The van der Waals surface area contributed by atoms with E-state index in [0.717, 1.165) is 12.0 Å². The maximum atomic E-state index is 14.7. The van der Waals surface area contributed by atoms with Crippen molar-refractivity contribution in [1.29, 1.82) is 0 Å². The third-order valence-electron chi connectivity index (χ3n) is 4.85. The summed E-state index contributed by atoms with van der Waals surface area (Å²) in [7, 11) is 0. The molecule has 0 saturated heterocycles. The smallest absolute Gasteiger partial charge is 0.341 e. The van der Waals surface area contributed by atoms with Gasteiger partial charge in [-0.05, 0) is 31.4 Å². The molecule has 0 radical (unpaired) electrons. The van der Waals surface area contributed by atoms with Crippen molar-refractivity contribution in [3.05, 3.63) is 29.1 Å². The number of carbonyl (C=O) groups is 1. The quantitative estimate of drug-likeness (QED) is 0.678. The topological polar surface area (TPSA) is 55.8 Å². The van der Waals surface area contributed by atoms with Gasteiger partial charge in [-0.2, -0.15) is 0 Å². The second-order valence-corrected chi connectivity index (χ2v) is 6.65. The molecule has 1 saturated carbocycles. The summed E-state index contributed by atoms with van der Waals surface area (Å²) in [5.41, 5.74) is 0.635. The molecule has 1 N–H and O–H groups in total. The van der Waals surface area contributed by atoms with Crippen LogP contribution >= 0.6 is 11.6 Å². The Bertz CT molecular complexity index is 607. The van der Waals surface area contributed by atoms with Gasteiger partial charge in [0.25, 0.3) is 0 Å². The average Bonchev–Trinajstić information content (AvgIpc) is 2.70. The largest absolute Gasteiger partial charge is 0.487 e. The van der Waals surface area contributed by atoms with Crippen LogP contribution in [-0.2, 0) is 11.2 Å². The first-order valence-electron chi connectivity index (χ1n) is 7.96. The summed E-state index contributed by atoms with van der Waals surface area (Å²) in [6.45, 7) is 1.87. The van der Waals surface area contributed by atoms with Gasteiger partial charge >= 0.3 is 5.97 Å². The van der Waals surface area contributed by atoms with Crippen molar-refractivity contribution in [2.45, 2.75) is 37.7 Å². The second-order valence-electron chi connectivity index (χ2n) is 6.09. The SMILES string of the molecule is CCOC(=O)c1ccc2c(c1F)O[C@H]1C[C@@H](Cl)[C@H](CO)[C@H]1CC2. The Hall–Kier alpha value is -1.33. The highest BCUT2D eigenvalue weighted by Crippen LogP contribution is 2.44. The molecule has 0 bridgehead atoms. The van der Waals surface area contributed by atoms with Crippen LogP contribution in [0.5, 0.6) is 5.75 Å². The summed E-state index contributed by atoms with van der Waals surface area (Å²) in [4.78, 5) is 11.8. The van der Waals surface area contributed by atoms with Crippen molar-refractivity contribution in [3.63, 3.8) is 0 Å². The molecule has 1 fully saturated rings. The molecule has 1 aliphatic carbocycles. The number of aryl methyl sites for hydroxylation is 1. The molecule has 1 aromatic carbocycles. The van der Waals surface area contributed by atoms with Crippen molar-refractivity contribution < 1.29 is 23.8 Å². The highest BCUT2D eigenvalue weighted by molar-refractivity contribution is 6.21. The second kappa shape index (κ2) is 6.65. The minimum Gasteiger partial charge on any atom is -0.487 e. The molecule has 4 atom stereocenters. The van der Waals surface area contributed by atoms with Crippen LogP contribution in [0.2, 0.25) is 0 Å². The van der Waals surface area contributed by atoms with Gasteiger partial charge in [0.05, 0.1) is 12.2 Å². The molecule has 23 heavy (non-hydrogen) atoms. The van der Waals surface area contributed by atoms with Gasteiger partial charge in [-0.15, -0.1) is 11.6 Å². The third kappa shape index (κ3) is 2.92. The maximum absolute atomic E-state index is 14.7. The van der Waals surface area contributed by atoms with Gasteiger partial charge in [0, 0.05) is 30.2 Å². The third-order valence-corrected chi connectivity index (χ3v) is 5.35. The number of esters is 1. The molecule has 3 rings (SSSR count). The lowest BCUT2D eigenvalue weighted by Crippen LogP contribution is -2.26. The zero-order chi connectivity index (χ0) is 16.6. The van der Waals surface area contributed by atoms with E-state index in [-0.39, 0.29) is 47.8 Å². The first-order valence-corrected chi connectivity index (χ1v) is 8.40. The summed E-state index contributed by atoms with van der Waals surface area (Å²) < 4.78 is 25.5. The van der Waals surface area contributed by atoms with Crippen LogP contribution in [-0.4, -0.2) is 35.8 Å². The number of hydrogen-bond donors (Lipinski definition) is 1. The molecule has 0 spiro atoms. The van der Waals surface area contributed by atoms with Crippen LogP contribution in [0.3, 0.4) is 0 Å². The average molecular weight is 343 g/mol. The predicted molar refractivity (Wildman–Crippen MR) is 83.4 cm³/mol. The van der Waals surface area contributed by atoms with Crippen molar-refractivity contribution in [2.75, 3.05) is 13.2 Å².